The number of anilines is 1. The van der Waals surface area contributed by atoms with Crippen molar-refractivity contribution < 1.29 is 19.1 Å². The van der Waals surface area contributed by atoms with Gasteiger partial charge in [-0.25, -0.2) is 4.79 Å². The lowest BCUT2D eigenvalue weighted by atomic mass is 10.0. The number of hydrogen-bond acceptors (Lipinski definition) is 5. The summed E-state index contributed by atoms with van der Waals surface area (Å²) < 4.78 is 5.17. The molecule has 0 aliphatic rings. The summed E-state index contributed by atoms with van der Waals surface area (Å²) in [4.78, 5) is 37.5. The van der Waals surface area contributed by atoms with Gasteiger partial charge in [0.15, 0.2) is 6.61 Å². The number of carbonyl (C=O) groups is 3. The van der Waals surface area contributed by atoms with E-state index in [0.717, 1.165) is 10.8 Å². The largest absolute Gasteiger partial charge is 0.454 e. The molecule has 1 aromatic heterocycles. The van der Waals surface area contributed by atoms with Crippen molar-refractivity contribution in [1.82, 2.24) is 5.32 Å². The van der Waals surface area contributed by atoms with E-state index in [1.54, 1.807) is 37.4 Å². The lowest BCUT2D eigenvalue weighted by Gasteiger charge is -2.20. The van der Waals surface area contributed by atoms with Gasteiger partial charge in [-0.1, -0.05) is 56.3 Å². The zero-order valence-electron chi connectivity index (χ0n) is 16.2. The maximum Gasteiger partial charge on any atom is 0.329 e. The van der Waals surface area contributed by atoms with Gasteiger partial charge in [0, 0.05) is 11.1 Å². The molecule has 0 radical (unpaired) electrons. The first-order chi connectivity index (χ1) is 14.0. The fourth-order valence-corrected chi connectivity index (χ4v) is 3.49. The number of nitrogens with one attached hydrogen (secondary N) is 2. The van der Waals surface area contributed by atoms with Crippen LogP contribution in [-0.4, -0.2) is 30.4 Å². The number of ether oxygens (including phenoxy) is 1. The first kappa shape index (κ1) is 20.5. The number of thiophene rings is 1. The molecular weight excluding hydrogens is 388 g/mol. The number of fused-ring (bicyclic) bond motifs is 1. The van der Waals surface area contributed by atoms with Crippen molar-refractivity contribution in [3.63, 3.8) is 0 Å². The van der Waals surface area contributed by atoms with Crippen LogP contribution in [0.2, 0.25) is 0 Å². The minimum Gasteiger partial charge on any atom is -0.454 e. The third-order valence-electron chi connectivity index (χ3n) is 4.36. The zero-order chi connectivity index (χ0) is 20.8. The molecule has 0 saturated heterocycles. The summed E-state index contributed by atoms with van der Waals surface area (Å²) in [5, 5.41) is 9.14. The molecule has 0 aliphatic carbocycles. The molecule has 6 nitrogen and oxygen atoms in total. The van der Waals surface area contributed by atoms with Gasteiger partial charge in [0.1, 0.15) is 6.04 Å². The Balaban J connectivity index is 1.59. The SMILES string of the molecule is CC(C)[C@H](NC(=O)c1cccs1)C(=O)OCC(=O)Nc1cccc2ccccc12. The van der Waals surface area contributed by atoms with Crippen molar-refractivity contribution in [2.75, 3.05) is 11.9 Å². The number of amides is 2. The quantitative estimate of drug-likeness (QED) is 0.580. The molecule has 7 heteroatoms. The summed E-state index contributed by atoms with van der Waals surface area (Å²) in [6.45, 7) is 3.17. The highest BCUT2D eigenvalue weighted by Gasteiger charge is 2.27. The molecule has 3 aromatic rings. The number of carbonyl (C=O) groups excluding carboxylic acids is 3. The standard InChI is InChI=1S/C22H22N2O4S/c1-14(2)20(24-21(26)18-11-6-12-29-18)22(27)28-13-19(25)23-17-10-5-8-15-7-3-4-9-16(15)17/h3-12,14,20H,13H2,1-2H3,(H,23,25)(H,24,26)/t20-/m0/s1. The zero-order valence-corrected chi connectivity index (χ0v) is 17.0. The van der Waals surface area contributed by atoms with Gasteiger partial charge in [-0.3, -0.25) is 9.59 Å². The predicted octanol–water partition coefficient (Wildman–Crippen LogP) is 3.84. The smallest absolute Gasteiger partial charge is 0.329 e. The molecule has 2 N–H and O–H groups in total. The average molecular weight is 410 g/mol. The molecule has 2 aromatic carbocycles. The van der Waals surface area contributed by atoms with Crippen LogP contribution in [0.3, 0.4) is 0 Å². The monoisotopic (exact) mass is 410 g/mol. The summed E-state index contributed by atoms with van der Waals surface area (Å²) in [7, 11) is 0. The van der Waals surface area contributed by atoms with Gasteiger partial charge in [-0.2, -0.15) is 0 Å². The Morgan fingerprint density at radius 3 is 2.48 bits per heavy atom. The minimum absolute atomic E-state index is 0.187. The van der Waals surface area contributed by atoms with Crippen LogP contribution in [0.4, 0.5) is 5.69 Å². The Morgan fingerprint density at radius 2 is 1.76 bits per heavy atom. The minimum atomic E-state index is -0.838. The van der Waals surface area contributed by atoms with Gasteiger partial charge in [-0.05, 0) is 28.8 Å². The van der Waals surface area contributed by atoms with E-state index in [1.807, 2.05) is 36.4 Å². The Morgan fingerprint density at radius 1 is 1.00 bits per heavy atom. The second-order valence-corrected chi connectivity index (χ2v) is 7.80. The van der Waals surface area contributed by atoms with Gasteiger partial charge in [-0.15, -0.1) is 11.3 Å². The highest BCUT2D eigenvalue weighted by atomic mass is 32.1. The van der Waals surface area contributed by atoms with Crippen molar-refractivity contribution in [1.29, 1.82) is 0 Å². The van der Waals surface area contributed by atoms with Gasteiger partial charge in [0.25, 0.3) is 11.8 Å². The van der Waals surface area contributed by atoms with Crippen molar-refractivity contribution in [2.24, 2.45) is 5.92 Å². The van der Waals surface area contributed by atoms with E-state index in [1.165, 1.54) is 11.3 Å². The molecule has 2 amide bonds. The van der Waals surface area contributed by atoms with Crippen LogP contribution in [0.5, 0.6) is 0 Å². The molecule has 0 saturated carbocycles. The third kappa shape index (κ3) is 5.20. The van der Waals surface area contributed by atoms with Crippen LogP contribution < -0.4 is 10.6 Å². The Labute approximate surface area is 172 Å². The van der Waals surface area contributed by atoms with Crippen LogP contribution >= 0.6 is 11.3 Å². The van der Waals surface area contributed by atoms with E-state index in [2.05, 4.69) is 10.6 Å². The average Bonchev–Trinajstić information content (AvgIpc) is 3.25. The highest BCUT2D eigenvalue weighted by molar-refractivity contribution is 7.12. The lowest BCUT2D eigenvalue weighted by Crippen LogP contribution is -2.45. The number of rotatable bonds is 7. The van der Waals surface area contributed by atoms with Crippen molar-refractivity contribution in [3.05, 3.63) is 64.9 Å². The fraction of sp³-hybridized carbons (Fsp3) is 0.227. The summed E-state index contributed by atoms with van der Waals surface area (Å²) in [5.41, 5.74) is 0.649. The summed E-state index contributed by atoms with van der Waals surface area (Å²) in [6, 6.07) is 15.9. The Kier molecular flexibility index (Phi) is 6.61. The van der Waals surface area contributed by atoms with E-state index in [4.69, 9.17) is 4.74 Å². The molecule has 0 spiro atoms. The first-order valence-corrected chi connectivity index (χ1v) is 10.1. The lowest BCUT2D eigenvalue weighted by molar-refractivity contribution is -0.150. The van der Waals surface area contributed by atoms with Gasteiger partial charge in [0.2, 0.25) is 0 Å². The third-order valence-corrected chi connectivity index (χ3v) is 5.23. The second-order valence-electron chi connectivity index (χ2n) is 6.86. The first-order valence-electron chi connectivity index (χ1n) is 9.24. The maximum atomic E-state index is 12.4. The van der Waals surface area contributed by atoms with Crippen molar-refractivity contribution in [3.8, 4) is 0 Å². The summed E-state index contributed by atoms with van der Waals surface area (Å²) in [6.07, 6.45) is 0. The number of esters is 1. The molecule has 1 atom stereocenters. The van der Waals surface area contributed by atoms with Gasteiger partial charge >= 0.3 is 5.97 Å². The van der Waals surface area contributed by atoms with Crippen LogP contribution in [0.25, 0.3) is 10.8 Å². The van der Waals surface area contributed by atoms with Crippen molar-refractivity contribution in [2.45, 2.75) is 19.9 Å². The molecule has 0 aliphatic heterocycles. The fourth-order valence-electron chi connectivity index (χ4n) is 2.87. The maximum absolute atomic E-state index is 12.4. The predicted molar refractivity (Wildman–Crippen MR) is 114 cm³/mol. The molecule has 3 rings (SSSR count). The van der Waals surface area contributed by atoms with E-state index in [9.17, 15) is 14.4 Å². The number of hydrogen-bond donors (Lipinski definition) is 2. The normalized spacial score (nSPS) is 11.8. The number of benzene rings is 2. The topological polar surface area (TPSA) is 84.5 Å². The molecule has 0 unspecified atom stereocenters. The Bertz CT molecular complexity index is 1010. The summed E-state index contributed by atoms with van der Waals surface area (Å²) >= 11 is 1.29. The second kappa shape index (κ2) is 9.34. The van der Waals surface area contributed by atoms with E-state index < -0.39 is 24.5 Å². The van der Waals surface area contributed by atoms with Crippen LogP contribution in [0.1, 0.15) is 23.5 Å². The van der Waals surface area contributed by atoms with E-state index in [0.29, 0.717) is 10.6 Å². The van der Waals surface area contributed by atoms with E-state index in [-0.39, 0.29) is 11.8 Å². The molecule has 150 valence electrons. The van der Waals surface area contributed by atoms with Crippen LogP contribution in [0, 0.1) is 5.92 Å². The molecule has 29 heavy (non-hydrogen) atoms. The highest BCUT2D eigenvalue weighted by Crippen LogP contribution is 2.22. The van der Waals surface area contributed by atoms with Gasteiger partial charge in [0.05, 0.1) is 4.88 Å². The van der Waals surface area contributed by atoms with E-state index >= 15 is 0 Å². The van der Waals surface area contributed by atoms with Crippen LogP contribution in [-0.2, 0) is 14.3 Å². The molecule has 0 fully saturated rings. The van der Waals surface area contributed by atoms with Crippen molar-refractivity contribution >= 4 is 45.6 Å². The Hall–Kier alpha value is -3.19. The molecule has 0 bridgehead atoms. The molecule has 1 heterocycles. The summed E-state index contributed by atoms with van der Waals surface area (Å²) in [5.74, 6) is -1.61. The molecular formula is C22H22N2O4S. The van der Waals surface area contributed by atoms with Crippen LogP contribution in [0.15, 0.2) is 60.0 Å². The van der Waals surface area contributed by atoms with Gasteiger partial charge < -0.3 is 15.4 Å².